The van der Waals surface area contributed by atoms with Gasteiger partial charge in [0.2, 0.25) is 21.8 Å². The number of aromatic nitrogens is 1. The number of carbonyl (C=O) groups is 2. The molecule has 33 heavy (non-hydrogen) atoms. The Bertz CT molecular complexity index is 1080. The molecule has 2 aromatic rings. The van der Waals surface area contributed by atoms with Crippen LogP contribution in [0, 0.1) is 12.8 Å². The van der Waals surface area contributed by atoms with Crippen LogP contribution in [0.5, 0.6) is 0 Å². The maximum Gasteiger partial charge on any atom is 0.243 e. The van der Waals surface area contributed by atoms with Crippen molar-refractivity contribution in [3.63, 3.8) is 0 Å². The van der Waals surface area contributed by atoms with Crippen molar-refractivity contribution >= 4 is 27.7 Å². The normalized spacial score (nSPS) is 18.3. The van der Waals surface area contributed by atoms with Crippen molar-refractivity contribution in [1.29, 1.82) is 0 Å². The summed E-state index contributed by atoms with van der Waals surface area (Å²) in [6.45, 7) is 3.91. The molecule has 2 aliphatic heterocycles. The summed E-state index contributed by atoms with van der Waals surface area (Å²) < 4.78 is 32.1. The van der Waals surface area contributed by atoms with E-state index < -0.39 is 10.0 Å². The van der Waals surface area contributed by atoms with Crippen molar-refractivity contribution in [2.75, 3.05) is 31.5 Å². The smallest absolute Gasteiger partial charge is 0.243 e. The van der Waals surface area contributed by atoms with E-state index in [2.05, 4.69) is 10.5 Å². The molecule has 1 aromatic carbocycles. The van der Waals surface area contributed by atoms with E-state index >= 15 is 0 Å². The molecule has 10 heteroatoms. The first-order chi connectivity index (χ1) is 15.8. The minimum absolute atomic E-state index is 0.0207. The van der Waals surface area contributed by atoms with Gasteiger partial charge in [-0.1, -0.05) is 23.7 Å². The number of piperidine rings is 2. The lowest BCUT2D eigenvalue weighted by molar-refractivity contribution is -0.133. The molecule has 1 N–H and O–H groups in total. The first-order valence-electron chi connectivity index (χ1n) is 11.4. The molecule has 0 spiro atoms. The number of carbonyl (C=O) groups excluding carboxylic acids is 2. The Kier molecular flexibility index (Phi) is 7.14. The van der Waals surface area contributed by atoms with E-state index in [1.165, 1.54) is 0 Å². The predicted octanol–water partition coefficient (Wildman–Crippen LogP) is 2.58. The number of amides is 2. The van der Waals surface area contributed by atoms with Crippen LogP contribution in [0.1, 0.15) is 43.4 Å². The zero-order valence-electron chi connectivity index (χ0n) is 18.8. The van der Waals surface area contributed by atoms with Crippen molar-refractivity contribution in [2.24, 2.45) is 5.92 Å². The van der Waals surface area contributed by atoms with Gasteiger partial charge in [0.05, 0.1) is 11.3 Å². The molecule has 0 aliphatic carbocycles. The van der Waals surface area contributed by atoms with Gasteiger partial charge in [-0.3, -0.25) is 9.59 Å². The van der Waals surface area contributed by atoms with Crippen molar-refractivity contribution in [1.82, 2.24) is 14.4 Å². The molecule has 0 unspecified atom stereocenters. The van der Waals surface area contributed by atoms with Crippen molar-refractivity contribution in [3.8, 4) is 0 Å². The van der Waals surface area contributed by atoms with Gasteiger partial charge in [-0.15, -0.1) is 0 Å². The number of hydrogen-bond acceptors (Lipinski definition) is 6. The lowest BCUT2D eigenvalue weighted by atomic mass is 9.95. The maximum atomic E-state index is 12.8. The highest BCUT2D eigenvalue weighted by molar-refractivity contribution is 7.89. The van der Waals surface area contributed by atoms with Gasteiger partial charge in [-0.2, -0.15) is 4.31 Å². The van der Waals surface area contributed by atoms with E-state index in [4.69, 9.17) is 4.52 Å². The van der Waals surface area contributed by atoms with Gasteiger partial charge >= 0.3 is 0 Å². The van der Waals surface area contributed by atoms with Gasteiger partial charge in [0, 0.05) is 38.2 Å². The summed E-state index contributed by atoms with van der Waals surface area (Å²) in [5.41, 5.74) is 0.777. The number of nitrogens with zero attached hydrogens (tertiary/aromatic N) is 3. The minimum atomic E-state index is -3.47. The van der Waals surface area contributed by atoms with Crippen LogP contribution in [-0.2, 0) is 26.0 Å². The summed E-state index contributed by atoms with van der Waals surface area (Å²) in [7, 11) is -3.47. The number of aryl methyl sites for hydroxylation is 1. The van der Waals surface area contributed by atoms with E-state index in [-0.39, 0.29) is 29.0 Å². The summed E-state index contributed by atoms with van der Waals surface area (Å²) in [6, 6.07) is 8.28. The van der Waals surface area contributed by atoms with Crippen LogP contribution in [0.2, 0.25) is 0 Å². The predicted molar refractivity (Wildman–Crippen MR) is 122 cm³/mol. The zero-order valence-corrected chi connectivity index (χ0v) is 19.6. The molecular formula is C23H30N4O5S. The average molecular weight is 475 g/mol. The minimum Gasteiger partial charge on any atom is -0.360 e. The zero-order chi connectivity index (χ0) is 23.4. The SMILES string of the molecule is Cc1cc(NC(=O)C2CCN(C(=O)Cc3ccc(S(=O)(=O)N4CCCCC4)cc3)CC2)no1. The highest BCUT2D eigenvalue weighted by Crippen LogP contribution is 2.23. The van der Waals surface area contributed by atoms with E-state index in [0.29, 0.717) is 50.6 Å². The fourth-order valence-corrected chi connectivity index (χ4v) is 5.88. The van der Waals surface area contributed by atoms with Gasteiger partial charge < -0.3 is 14.7 Å². The number of sulfonamides is 1. The molecule has 2 fully saturated rings. The second-order valence-corrected chi connectivity index (χ2v) is 10.7. The van der Waals surface area contributed by atoms with Crippen LogP contribution in [0.25, 0.3) is 0 Å². The Balaban J connectivity index is 1.28. The molecular weight excluding hydrogens is 444 g/mol. The number of anilines is 1. The van der Waals surface area contributed by atoms with E-state index in [0.717, 1.165) is 24.8 Å². The van der Waals surface area contributed by atoms with Crippen LogP contribution in [0.15, 0.2) is 39.8 Å². The second-order valence-electron chi connectivity index (χ2n) is 8.75. The van der Waals surface area contributed by atoms with Crippen LogP contribution in [0.3, 0.4) is 0 Å². The number of hydrogen-bond donors (Lipinski definition) is 1. The fourth-order valence-electron chi connectivity index (χ4n) is 4.36. The monoisotopic (exact) mass is 474 g/mol. The third-order valence-electron chi connectivity index (χ3n) is 6.33. The summed E-state index contributed by atoms with van der Waals surface area (Å²) in [5.74, 6) is 0.725. The number of likely N-dealkylation sites (tertiary alicyclic amines) is 1. The highest BCUT2D eigenvalue weighted by atomic mass is 32.2. The standard InChI is InChI=1S/C23H30N4O5S/c1-17-15-21(25-32-17)24-23(29)19-9-13-26(14-10-19)22(28)16-18-5-7-20(8-6-18)33(30,31)27-11-3-2-4-12-27/h5-8,15,19H,2-4,9-14,16H2,1H3,(H,24,25,29). The molecule has 4 rings (SSSR count). The van der Waals surface area contributed by atoms with Gasteiger partial charge in [-0.05, 0) is 50.3 Å². The van der Waals surface area contributed by atoms with Crippen molar-refractivity contribution < 1.29 is 22.5 Å². The molecule has 1 aromatic heterocycles. The maximum absolute atomic E-state index is 12.8. The van der Waals surface area contributed by atoms with Crippen LogP contribution in [-0.4, -0.2) is 60.8 Å². The molecule has 2 saturated heterocycles. The first-order valence-corrected chi connectivity index (χ1v) is 12.9. The second kappa shape index (κ2) is 10.0. The summed E-state index contributed by atoms with van der Waals surface area (Å²) in [4.78, 5) is 27.2. The number of rotatable bonds is 6. The van der Waals surface area contributed by atoms with Gasteiger partial charge in [0.25, 0.3) is 0 Å². The summed E-state index contributed by atoms with van der Waals surface area (Å²) in [6.07, 6.45) is 4.23. The molecule has 3 heterocycles. The molecule has 0 bridgehead atoms. The molecule has 178 valence electrons. The van der Waals surface area contributed by atoms with Crippen molar-refractivity contribution in [2.45, 2.75) is 50.3 Å². The Morgan fingerprint density at radius 1 is 1.06 bits per heavy atom. The average Bonchev–Trinajstić information content (AvgIpc) is 3.24. The Labute approximate surface area is 194 Å². The number of benzene rings is 1. The first kappa shape index (κ1) is 23.4. The quantitative estimate of drug-likeness (QED) is 0.689. The third kappa shape index (κ3) is 5.62. The lowest BCUT2D eigenvalue weighted by Crippen LogP contribution is -2.42. The Morgan fingerprint density at radius 2 is 1.73 bits per heavy atom. The molecule has 2 aliphatic rings. The van der Waals surface area contributed by atoms with Gasteiger partial charge in [0.15, 0.2) is 5.82 Å². The van der Waals surface area contributed by atoms with Crippen LogP contribution in [0.4, 0.5) is 5.82 Å². The molecule has 0 radical (unpaired) electrons. The Morgan fingerprint density at radius 3 is 2.33 bits per heavy atom. The van der Waals surface area contributed by atoms with Gasteiger partial charge in [-0.25, -0.2) is 8.42 Å². The lowest BCUT2D eigenvalue weighted by Gasteiger charge is -2.31. The summed E-state index contributed by atoms with van der Waals surface area (Å²) >= 11 is 0. The topological polar surface area (TPSA) is 113 Å². The highest BCUT2D eigenvalue weighted by Gasteiger charge is 2.28. The molecule has 9 nitrogen and oxygen atoms in total. The van der Waals surface area contributed by atoms with Crippen LogP contribution >= 0.6 is 0 Å². The third-order valence-corrected chi connectivity index (χ3v) is 8.24. The Hall–Kier alpha value is -2.72. The number of nitrogens with one attached hydrogen (secondary N) is 1. The largest absolute Gasteiger partial charge is 0.360 e. The van der Waals surface area contributed by atoms with E-state index in [1.54, 1.807) is 46.5 Å². The van der Waals surface area contributed by atoms with Crippen molar-refractivity contribution in [3.05, 3.63) is 41.7 Å². The van der Waals surface area contributed by atoms with Crippen LogP contribution < -0.4 is 5.32 Å². The molecule has 2 amide bonds. The van der Waals surface area contributed by atoms with E-state index in [1.807, 2.05) is 0 Å². The fraction of sp³-hybridized carbons (Fsp3) is 0.522. The van der Waals surface area contributed by atoms with E-state index in [9.17, 15) is 18.0 Å². The van der Waals surface area contributed by atoms with Gasteiger partial charge in [0.1, 0.15) is 5.76 Å². The molecule has 0 atom stereocenters. The summed E-state index contributed by atoms with van der Waals surface area (Å²) in [5, 5.41) is 6.53. The molecule has 0 saturated carbocycles.